The third-order valence-electron chi connectivity index (χ3n) is 3.03. The second-order valence-corrected chi connectivity index (χ2v) is 6.81. The number of halogens is 2. The van der Waals surface area contributed by atoms with Gasteiger partial charge in [-0.3, -0.25) is 4.79 Å². The molecule has 2 aromatic rings. The van der Waals surface area contributed by atoms with Gasteiger partial charge in [0.05, 0.1) is 6.42 Å². The van der Waals surface area contributed by atoms with Crippen LogP contribution in [0.2, 0.25) is 10.0 Å². The van der Waals surface area contributed by atoms with Crippen molar-refractivity contribution in [1.29, 1.82) is 0 Å². The van der Waals surface area contributed by atoms with Gasteiger partial charge in [0, 0.05) is 28.1 Å². The van der Waals surface area contributed by atoms with Gasteiger partial charge in [-0.05, 0) is 35.4 Å². The SMILES string of the molecule is O=C(Cc1ccc(Cl)cc1)NCCSCc1ccc(Cl)cc1. The van der Waals surface area contributed by atoms with E-state index in [1.165, 1.54) is 5.56 Å². The fourth-order valence-electron chi connectivity index (χ4n) is 1.88. The molecule has 0 heterocycles. The quantitative estimate of drug-likeness (QED) is 0.737. The maximum absolute atomic E-state index is 11.8. The molecule has 0 radical (unpaired) electrons. The first-order valence-corrected chi connectivity index (χ1v) is 8.88. The lowest BCUT2D eigenvalue weighted by atomic mass is 10.1. The van der Waals surface area contributed by atoms with Crippen molar-refractivity contribution in [3.8, 4) is 0 Å². The molecule has 2 nitrogen and oxygen atoms in total. The van der Waals surface area contributed by atoms with Crippen LogP contribution >= 0.6 is 35.0 Å². The normalized spacial score (nSPS) is 10.5. The minimum atomic E-state index is 0.0365. The van der Waals surface area contributed by atoms with Gasteiger partial charge in [0.25, 0.3) is 0 Å². The molecule has 0 spiro atoms. The number of benzene rings is 2. The number of thioether (sulfide) groups is 1. The molecule has 2 rings (SSSR count). The highest BCUT2D eigenvalue weighted by molar-refractivity contribution is 7.98. The van der Waals surface area contributed by atoms with Crippen LogP contribution in [0.15, 0.2) is 48.5 Å². The summed E-state index contributed by atoms with van der Waals surface area (Å²) in [5, 5.41) is 4.36. The zero-order valence-electron chi connectivity index (χ0n) is 12.0. The third kappa shape index (κ3) is 6.30. The molecule has 22 heavy (non-hydrogen) atoms. The summed E-state index contributed by atoms with van der Waals surface area (Å²) in [5.41, 5.74) is 2.21. The van der Waals surface area contributed by atoms with Crippen molar-refractivity contribution in [2.75, 3.05) is 12.3 Å². The molecule has 116 valence electrons. The molecule has 5 heteroatoms. The van der Waals surface area contributed by atoms with E-state index in [1.54, 1.807) is 23.9 Å². The van der Waals surface area contributed by atoms with E-state index in [1.807, 2.05) is 36.4 Å². The largest absolute Gasteiger partial charge is 0.355 e. The monoisotopic (exact) mass is 353 g/mol. The molecule has 0 aromatic heterocycles. The Hall–Kier alpha value is -1.16. The van der Waals surface area contributed by atoms with Gasteiger partial charge in [0.2, 0.25) is 5.91 Å². The molecule has 0 aliphatic heterocycles. The maximum Gasteiger partial charge on any atom is 0.224 e. The van der Waals surface area contributed by atoms with Gasteiger partial charge >= 0.3 is 0 Å². The molecule has 1 amide bonds. The molecule has 0 unspecified atom stereocenters. The van der Waals surface area contributed by atoms with Gasteiger partial charge in [-0.15, -0.1) is 0 Å². The molecule has 0 fully saturated rings. The minimum absolute atomic E-state index is 0.0365. The molecular weight excluding hydrogens is 337 g/mol. The summed E-state index contributed by atoms with van der Waals surface area (Å²) >= 11 is 13.4. The zero-order valence-corrected chi connectivity index (χ0v) is 14.3. The highest BCUT2D eigenvalue weighted by atomic mass is 35.5. The molecule has 0 saturated carbocycles. The zero-order chi connectivity index (χ0) is 15.8. The molecule has 1 N–H and O–H groups in total. The minimum Gasteiger partial charge on any atom is -0.355 e. The topological polar surface area (TPSA) is 29.1 Å². The number of hydrogen-bond acceptors (Lipinski definition) is 2. The first-order chi connectivity index (χ1) is 10.6. The van der Waals surface area contributed by atoms with Crippen molar-refractivity contribution in [2.45, 2.75) is 12.2 Å². The average Bonchev–Trinajstić information content (AvgIpc) is 2.51. The van der Waals surface area contributed by atoms with Crippen molar-refractivity contribution in [3.05, 3.63) is 69.7 Å². The van der Waals surface area contributed by atoms with Crippen molar-refractivity contribution in [2.24, 2.45) is 0 Å². The lowest BCUT2D eigenvalue weighted by Gasteiger charge is -2.06. The van der Waals surface area contributed by atoms with Crippen LogP contribution in [0.25, 0.3) is 0 Å². The van der Waals surface area contributed by atoms with Crippen molar-refractivity contribution >= 4 is 40.9 Å². The van der Waals surface area contributed by atoms with Crippen molar-refractivity contribution in [3.63, 3.8) is 0 Å². The van der Waals surface area contributed by atoms with E-state index in [0.717, 1.165) is 22.1 Å². The molecule has 0 aliphatic rings. The van der Waals surface area contributed by atoms with Crippen LogP contribution in [0, 0.1) is 0 Å². The van der Waals surface area contributed by atoms with Crippen molar-refractivity contribution < 1.29 is 4.79 Å². The Labute approximate surface area is 145 Å². The van der Waals surface area contributed by atoms with E-state index < -0.39 is 0 Å². The summed E-state index contributed by atoms with van der Waals surface area (Å²) in [6, 6.07) is 15.2. The number of hydrogen-bond donors (Lipinski definition) is 1. The number of carbonyl (C=O) groups is 1. The Balaban J connectivity index is 1.61. The second kappa shape index (κ2) is 9.09. The summed E-state index contributed by atoms with van der Waals surface area (Å²) in [4.78, 5) is 11.8. The molecular formula is C17H17Cl2NOS. The smallest absolute Gasteiger partial charge is 0.224 e. The van der Waals surface area contributed by atoms with Crippen LogP contribution < -0.4 is 5.32 Å². The summed E-state index contributed by atoms with van der Waals surface area (Å²) in [7, 11) is 0. The Morgan fingerprint density at radius 2 is 1.45 bits per heavy atom. The van der Waals surface area contributed by atoms with Gasteiger partial charge < -0.3 is 5.32 Å². The van der Waals surface area contributed by atoms with Gasteiger partial charge in [-0.2, -0.15) is 11.8 Å². The number of carbonyl (C=O) groups excluding carboxylic acids is 1. The highest BCUT2D eigenvalue weighted by Gasteiger charge is 2.03. The van der Waals surface area contributed by atoms with Gasteiger partial charge in [0.1, 0.15) is 0 Å². The average molecular weight is 354 g/mol. The number of rotatable bonds is 7. The predicted molar refractivity (Wildman–Crippen MR) is 95.8 cm³/mol. The van der Waals surface area contributed by atoms with E-state index in [4.69, 9.17) is 23.2 Å². The highest BCUT2D eigenvalue weighted by Crippen LogP contribution is 2.15. The number of amides is 1. The molecule has 0 saturated heterocycles. The fourth-order valence-corrected chi connectivity index (χ4v) is 2.95. The van der Waals surface area contributed by atoms with Gasteiger partial charge in [0.15, 0.2) is 0 Å². The summed E-state index contributed by atoms with van der Waals surface area (Å²) in [6.07, 6.45) is 0.388. The van der Waals surface area contributed by atoms with Crippen molar-refractivity contribution in [1.82, 2.24) is 5.32 Å². The van der Waals surface area contributed by atoms with E-state index >= 15 is 0 Å². The fraction of sp³-hybridized carbons (Fsp3) is 0.235. The predicted octanol–water partition coefficient (Wildman–Crippen LogP) is 4.59. The lowest BCUT2D eigenvalue weighted by molar-refractivity contribution is -0.120. The Morgan fingerprint density at radius 1 is 0.909 bits per heavy atom. The van der Waals surface area contributed by atoms with Gasteiger partial charge in [-0.25, -0.2) is 0 Å². The molecule has 0 bridgehead atoms. The van der Waals surface area contributed by atoms with Gasteiger partial charge in [-0.1, -0.05) is 47.5 Å². The van der Waals surface area contributed by atoms with E-state index in [2.05, 4.69) is 5.32 Å². The van der Waals surface area contributed by atoms with E-state index in [9.17, 15) is 4.79 Å². The van der Waals surface area contributed by atoms with Crippen LogP contribution in [-0.4, -0.2) is 18.2 Å². The summed E-state index contributed by atoms with van der Waals surface area (Å²) in [6.45, 7) is 0.671. The first kappa shape index (κ1) is 17.2. The molecule has 0 atom stereocenters. The van der Waals surface area contributed by atoms with Crippen LogP contribution in [-0.2, 0) is 17.0 Å². The lowest BCUT2D eigenvalue weighted by Crippen LogP contribution is -2.27. The van der Waals surface area contributed by atoms with E-state index in [-0.39, 0.29) is 5.91 Å². The molecule has 0 aliphatic carbocycles. The standard InChI is InChI=1S/C17H17Cl2NOS/c18-15-5-1-13(2-6-15)11-17(21)20-9-10-22-12-14-3-7-16(19)8-4-14/h1-8H,9-12H2,(H,20,21). The third-order valence-corrected chi connectivity index (χ3v) is 4.56. The Bertz CT molecular complexity index is 599. The second-order valence-electron chi connectivity index (χ2n) is 4.83. The maximum atomic E-state index is 11.8. The Morgan fingerprint density at radius 3 is 2.05 bits per heavy atom. The van der Waals surface area contributed by atoms with Crippen LogP contribution in [0.5, 0.6) is 0 Å². The number of nitrogens with one attached hydrogen (secondary N) is 1. The van der Waals surface area contributed by atoms with Crippen LogP contribution in [0.4, 0.5) is 0 Å². The van der Waals surface area contributed by atoms with Crippen LogP contribution in [0.3, 0.4) is 0 Å². The molecule has 2 aromatic carbocycles. The Kier molecular flexibility index (Phi) is 7.10. The summed E-state index contributed by atoms with van der Waals surface area (Å²) < 4.78 is 0. The van der Waals surface area contributed by atoms with Crippen LogP contribution in [0.1, 0.15) is 11.1 Å². The first-order valence-electron chi connectivity index (χ1n) is 6.97. The van der Waals surface area contributed by atoms with E-state index in [0.29, 0.717) is 18.0 Å². The summed E-state index contributed by atoms with van der Waals surface area (Å²) in [5.74, 6) is 1.84.